The van der Waals surface area contributed by atoms with Crippen molar-refractivity contribution in [3.8, 4) is 16.2 Å². The van der Waals surface area contributed by atoms with Gasteiger partial charge in [0.2, 0.25) is 12.3 Å². The Labute approximate surface area is 474 Å². The molecule has 10 rings (SSSR count). The monoisotopic (exact) mass is 1100 g/mol. The van der Waals surface area contributed by atoms with Crippen LogP contribution in [0.3, 0.4) is 0 Å². The summed E-state index contributed by atoms with van der Waals surface area (Å²) in [5, 5.41) is 21.2. The van der Waals surface area contributed by atoms with Crippen LogP contribution in [0.1, 0.15) is 133 Å². The smallest absolute Gasteiger partial charge is 0.231 e. The molecular weight excluding hydrogens is 1010 g/mol. The zero-order valence-electron chi connectivity index (χ0n) is 48.1. The molecule has 79 heavy (non-hydrogen) atoms. The van der Waals surface area contributed by atoms with E-state index in [0.717, 1.165) is 74.6 Å². The zero-order chi connectivity index (χ0) is 56.2. The van der Waals surface area contributed by atoms with Crippen LogP contribution in [0.15, 0.2) is 82.2 Å². The maximum absolute atomic E-state index is 13.4. The lowest BCUT2D eigenvalue weighted by molar-refractivity contribution is -0.124. The summed E-state index contributed by atoms with van der Waals surface area (Å²) in [6, 6.07) is 20.4. The predicted molar refractivity (Wildman–Crippen MR) is 319 cm³/mol. The average Bonchev–Trinajstić information content (AvgIpc) is 4.38. The number of likely N-dealkylation sites (tertiary alicyclic amines) is 2. The Morgan fingerprint density at radius 2 is 1.62 bits per heavy atom. The van der Waals surface area contributed by atoms with Crippen LogP contribution in [0.2, 0.25) is 0 Å². The number of fused-ring (bicyclic) bond motifs is 2. The topological polar surface area (TPSA) is 238 Å². The molecule has 4 aromatic rings. The van der Waals surface area contributed by atoms with Crippen LogP contribution in [0.25, 0.3) is 16.1 Å². The summed E-state index contributed by atoms with van der Waals surface area (Å²) in [5.74, 6) is 3.04. The first-order valence-corrected chi connectivity index (χ1v) is 30.2. The Morgan fingerprint density at radius 1 is 0.937 bits per heavy atom. The lowest BCUT2D eigenvalue weighted by Crippen LogP contribution is -2.60. The fraction of sp³-hybridized carbons (Fsp3) is 0.607. The summed E-state index contributed by atoms with van der Waals surface area (Å²) in [6.07, 6.45) is 15.5. The van der Waals surface area contributed by atoms with Gasteiger partial charge >= 0.3 is 0 Å². The van der Waals surface area contributed by atoms with Gasteiger partial charge < -0.3 is 62.8 Å². The molecule has 2 bridgehead atoms. The number of carbonyl (C=O) groups excluding carboxylic acids is 2. The van der Waals surface area contributed by atoms with E-state index in [1.165, 1.54) is 107 Å². The Balaban J connectivity index is 0.000000272. The number of likely N-dealkylation sites (N-methyl/N-ethyl adjacent to an activating group) is 1. The molecule has 6 fully saturated rings. The van der Waals surface area contributed by atoms with Gasteiger partial charge in [0.05, 0.1) is 21.8 Å². The largest absolute Gasteiger partial charge is 0.507 e. The SMILES string of the molecule is Cc1ncsc1-c1ccc(C(C)CCCCNC(=O)C(c2cc(N3CCC(CN4CCC5(CC4)CC(N4CCN(C)[C@H](C)C4)C5)CC3)no2)C(C)C)cc1.NC(N)=C(/C=C(\N)c1ccccc1O)N1CC2CCC(C1)N2.NC=O. The number of aryl methyl sites for hydroxylation is 1. The molecule has 11 N–H and O–H groups in total. The number of allylic oxidation sites excluding steroid dienone is 1. The molecule has 5 atom stereocenters. The van der Waals surface area contributed by atoms with E-state index in [-0.39, 0.29) is 35.7 Å². The highest BCUT2D eigenvalue weighted by atomic mass is 32.1. The quantitative estimate of drug-likeness (QED) is 0.0311. The van der Waals surface area contributed by atoms with Crippen molar-refractivity contribution in [2.24, 2.45) is 40.2 Å². The first kappa shape index (κ1) is 59.5. The Bertz CT molecular complexity index is 2610. The molecule has 432 valence electrons. The van der Waals surface area contributed by atoms with E-state index in [4.69, 9.17) is 26.5 Å². The number of anilines is 1. The molecule has 17 nitrogen and oxygen atoms in total. The third kappa shape index (κ3) is 15.4. The Kier molecular flexibility index (Phi) is 20.8. The van der Waals surface area contributed by atoms with Gasteiger partial charge in [0.15, 0.2) is 11.6 Å². The summed E-state index contributed by atoms with van der Waals surface area (Å²) in [4.78, 5) is 40.3. The van der Waals surface area contributed by atoms with Gasteiger partial charge in [-0.1, -0.05) is 68.7 Å². The fourth-order valence-corrected chi connectivity index (χ4v) is 14.0. The van der Waals surface area contributed by atoms with Crippen LogP contribution in [-0.2, 0) is 9.59 Å². The number of piperidine rings is 2. The number of nitrogens with zero attached hydrogens (tertiary/aromatic N) is 7. The number of nitrogens with one attached hydrogen (secondary N) is 2. The molecule has 5 aliphatic heterocycles. The van der Waals surface area contributed by atoms with Crippen molar-refractivity contribution >= 4 is 35.2 Å². The van der Waals surface area contributed by atoms with Crippen LogP contribution >= 0.6 is 11.3 Å². The van der Waals surface area contributed by atoms with Crippen LogP contribution in [-0.4, -0.2) is 150 Å². The Hall–Kier alpha value is -5.66. The average molecular weight is 1100 g/mol. The van der Waals surface area contributed by atoms with Gasteiger partial charge in [-0.05, 0) is 151 Å². The standard InChI is InChI=1S/C44H67N7O2S.C16H23N5O.CH3NO/c1-31(2)41(43(52)45-18-8-7-9-32(3)36-10-12-37(13-11-36)42-34(5)46-30-54-42)39-25-40(47-53-39)50-19-14-35(15-20-50)29-49-21-16-44(17-22-49)26-38(27-44)51-24-23-48(6)33(4)28-51;17-13(12-3-1-2-4-15(12)22)7-14(16(18)19)21-8-10-5-6-11(9-21)20-10;2-1-3/h10-13,25,30-33,35,38,41H,7-9,14-24,26-29H2,1-6H3,(H,45,52);1-4,7,10-11,20,22H,5-6,8-9,17-19H2;1H,(H2,2,3)/b;13-7-;/t32?,33-,41?;;/m1../s1. The molecular formula is C61H93N13O4S. The summed E-state index contributed by atoms with van der Waals surface area (Å²) in [6.45, 7) is 22.9. The van der Waals surface area contributed by atoms with Gasteiger partial charge in [-0.25, -0.2) is 4.98 Å². The molecule has 18 heteroatoms. The molecule has 5 saturated heterocycles. The molecule has 0 radical (unpaired) electrons. The van der Waals surface area contributed by atoms with E-state index in [2.05, 4.69) is 117 Å². The number of nitrogens with two attached hydrogens (primary N) is 4. The number of amides is 2. The number of benzene rings is 2. The zero-order valence-corrected chi connectivity index (χ0v) is 48.9. The van der Waals surface area contributed by atoms with E-state index in [9.17, 15) is 9.90 Å². The van der Waals surface area contributed by atoms with Gasteiger partial charge in [0.25, 0.3) is 0 Å². The van der Waals surface area contributed by atoms with Crippen molar-refractivity contribution in [2.45, 2.75) is 141 Å². The number of hydrogen-bond acceptors (Lipinski definition) is 16. The predicted octanol–water partition coefficient (Wildman–Crippen LogP) is 7.35. The van der Waals surface area contributed by atoms with Gasteiger partial charge in [-0.2, -0.15) is 0 Å². The van der Waals surface area contributed by atoms with Crippen LogP contribution in [0.4, 0.5) is 5.82 Å². The number of rotatable bonds is 17. The summed E-state index contributed by atoms with van der Waals surface area (Å²) in [7, 11) is 2.27. The van der Waals surface area contributed by atoms with Crippen molar-refractivity contribution in [3.63, 3.8) is 0 Å². The molecule has 6 aliphatic rings. The Morgan fingerprint density at radius 3 is 2.24 bits per heavy atom. The van der Waals surface area contributed by atoms with E-state index in [0.29, 0.717) is 53.0 Å². The maximum atomic E-state index is 13.4. The third-order valence-corrected chi connectivity index (χ3v) is 19.2. The number of para-hydroxylation sites is 1. The number of carbonyl (C=O) groups is 2. The van der Waals surface area contributed by atoms with Crippen LogP contribution in [0, 0.1) is 24.2 Å². The fourth-order valence-electron chi connectivity index (χ4n) is 13.2. The lowest BCUT2D eigenvalue weighted by Gasteiger charge is -2.57. The minimum absolute atomic E-state index is 0.0445. The number of phenolic OH excluding ortho intramolecular Hbond substituents is 1. The van der Waals surface area contributed by atoms with Crippen molar-refractivity contribution < 1.29 is 19.2 Å². The van der Waals surface area contributed by atoms with Gasteiger partial charge in [-0.3, -0.25) is 14.5 Å². The number of phenols is 1. The highest BCUT2D eigenvalue weighted by Crippen LogP contribution is 2.51. The molecule has 7 heterocycles. The first-order chi connectivity index (χ1) is 38.0. The second-order valence-corrected chi connectivity index (χ2v) is 25.0. The normalized spacial score (nSPS) is 22.8. The van der Waals surface area contributed by atoms with Crippen LogP contribution in [0.5, 0.6) is 5.75 Å². The van der Waals surface area contributed by atoms with Crippen molar-refractivity contribution in [2.75, 3.05) is 83.9 Å². The minimum atomic E-state index is -0.332. The number of unbranched alkanes of at least 4 members (excludes halogenated alkanes) is 1. The van der Waals surface area contributed by atoms with Gasteiger partial charge in [0.1, 0.15) is 17.5 Å². The number of primary amides is 1. The number of piperazine rings is 2. The number of thiazole rings is 1. The second-order valence-electron chi connectivity index (χ2n) is 24.1. The summed E-state index contributed by atoms with van der Waals surface area (Å²) in [5.41, 5.74) is 30.1. The van der Waals surface area contributed by atoms with Crippen molar-refractivity contribution in [3.05, 3.63) is 100 Å². The third-order valence-electron chi connectivity index (χ3n) is 18.2. The van der Waals surface area contributed by atoms with Crippen LogP contribution < -0.4 is 38.5 Å². The molecule has 1 aliphatic carbocycles. The summed E-state index contributed by atoms with van der Waals surface area (Å²) >= 11 is 1.70. The second kappa shape index (κ2) is 27.7. The van der Waals surface area contributed by atoms with Gasteiger partial charge in [0, 0.05) is 100 Å². The molecule has 1 spiro atoms. The molecule has 2 amide bonds. The highest BCUT2D eigenvalue weighted by molar-refractivity contribution is 7.13. The molecule has 2 aromatic carbocycles. The lowest BCUT2D eigenvalue weighted by atomic mass is 9.60. The van der Waals surface area contributed by atoms with Gasteiger partial charge in [-0.15, -0.1) is 11.3 Å². The number of aromatic nitrogens is 2. The molecule has 4 unspecified atom stereocenters. The number of aromatic hydroxyl groups is 1. The molecule has 1 saturated carbocycles. The number of hydrogen-bond donors (Lipinski definition) is 7. The first-order valence-electron chi connectivity index (χ1n) is 29.4. The minimum Gasteiger partial charge on any atom is -0.507 e. The van der Waals surface area contributed by atoms with E-state index in [1.54, 1.807) is 35.6 Å². The molecule has 2 aromatic heterocycles. The summed E-state index contributed by atoms with van der Waals surface area (Å²) < 4.78 is 5.88. The van der Waals surface area contributed by atoms with Crippen molar-refractivity contribution in [1.29, 1.82) is 0 Å². The van der Waals surface area contributed by atoms with Crippen molar-refractivity contribution in [1.82, 2.24) is 40.4 Å². The maximum Gasteiger partial charge on any atom is 0.231 e. The van der Waals surface area contributed by atoms with E-state index >= 15 is 0 Å². The highest BCUT2D eigenvalue weighted by Gasteiger charge is 2.48. The van der Waals surface area contributed by atoms with E-state index in [1.807, 2.05) is 17.6 Å². The van der Waals surface area contributed by atoms with E-state index < -0.39 is 0 Å².